The number of hydrogen-bond acceptors (Lipinski definition) is 4. The third-order valence-electron chi connectivity index (χ3n) is 2.57. The van der Waals surface area contributed by atoms with E-state index in [1.165, 1.54) is 14.2 Å². The second kappa shape index (κ2) is 5.95. The van der Waals surface area contributed by atoms with Gasteiger partial charge in [0.1, 0.15) is 0 Å². The van der Waals surface area contributed by atoms with Crippen LogP contribution in [0.5, 0.6) is 0 Å². The lowest BCUT2D eigenvalue weighted by molar-refractivity contribution is -0.488. The van der Waals surface area contributed by atoms with Crippen molar-refractivity contribution in [1.82, 2.24) is 0 Å². The lowest BCUT2D eigenvalue weighted by Crippen LogP contribution is -2.33. The van der Waals surface area contributed by atoms with Gasteiger partial charge in [-0.25, -0.2) is 0 Å². The largest absolute Gasteiger partial charge is 0.349 e. The number of nitrogens with zero attached hydrogens (tertiary/aromatic N) is 1. The Hall–Kier alpha value is -1.17. The van der Waals surface area contributed by atoms with Gasteiger partial charge in [-0.1, -0.05) is 23.7 Å². The van der Waals surface area contributed by atoms with Gasteiger partial charge in [-0.2, -0.15) is 0 Å². The molecule has 0 unspecified atom stereocenters. The molecule has 0 fully saturated rings. The van der Waals surface area contributed by atoms with Crippen molar-refractivity contribution in [2.75, 3.05) is 20.8 Å². The van der Waals surface area contributed by atoms with Gasteiger partial charge in [0.05, 0.1) is 6.42 Å². The molecule has 1 aromatic carbocycles. The van der Waals surface area contributed by atoms with Crippen molar-refractivity contribution in [1.29, 1.82) is 0 Å². The van der Waals surface area contributed by atoms with E-state index in [4.69, 9.17) is 21.1 Å². The lowest BCUT2D eigenvalue weighted by Gasteiger charge is -2.30. The van der Waals surface area contributed by atoms with Gasteiger partial charge in [-0.3, -0.25) is 10.1 Å². The molecule has 1 rings (SSSR count). The summed E-state index contributed by atoms with van der Waals surface area (Å²) in [6.07, 6.45) is 0.134. The summed E-state index contributed by atoms with van der Waals surface area (Å²) in [5, 5.41) is 11.0. The molecule has 0 atom stereocenters. The molecule has 0 aromatic heterocycles. The van der Waals surface area contributed by atoms with E-state index in [0.717, 1.165) is 0 Å². The first-order chi connectivity index (χ1) is 8.04. The van der Waals surface area contributed by atoms with E-state index in [1.807, 2.05) is 0 Å². The Morgan fingerprint density at radius 1 is 1.29 bits per heavy atom. The highest BCUT2D eigenvalue weighted by Gasteiger charge is 2.33. The second-order valence-corrected chi connectivity index (χ2v) is 3.91. The Morgan fingerprint density at radius 3 is 2.24 bits per heavy atom. The maximum absolute atomic E-state index is 10.4. The second-order valence-electron chi connectivity index (χ2n) is 3.47. The molecule has 0 heterocycles. The average molecular weight is 260 g/mol. The third kappa shape index (κ3) is 3.39. The number of halogens is 1. The van der Waals surface area contributed by atoms with Crippen LogP contribution in [0.2, 0.25) is 5.02 Å². The van der Waals surface area contributed by atoms with Gasteiger partial charge in [0.25, 0.3) is 0 Å². The summed E-state index contributed by atoms with van der Waals surface area (Å²) in [5.74, 6) is -1.10. The van der Waals surface area contributed by atoms with Crippen molar-refractivity contribution in [2.45, 2.75) is 12.2 Å². The standard InChI is InChI=1S/C11H14ClNO4/c1-16-11(17-2,7-8-13(14)15)9-3-5-10(12)6-4-9/h3-6H,7-8H2,1-2H3. The third-order valence-corrected chi connectivity index (χ3v) is 2.82. The summed E-state index contributed by atoms with van der Waals surface area (Å²) in [5.41, 5.74) is 0.703. The maximum Gasteiger partial charge on any atom is 0.209 e. The molecule has 1 aromatic rings. The van der Waals surface area contributed by atoms with Crippen LogP contribution in [0.4, 0.5) is 0 Å². The molecule has 0 bridgehead atoms. The summed E-state index contributed by atoms with van der Waals surface area (Å²) < 4.78 is 10.6. The van der Waals surface area contributed by atoms with E-state index in [9.17, 15) is 10.1 Å². The Kier molecular flexibility index (Phi) is 4.86. The molecule has 0 saturated heterocycles. The number of ether oxygens (including phenoxy) is 2. The normalized spacial score (nSPS) is 11.5. The van der Waals surface area contributed by atoms with Crippen LogP contribution in [0.15, 0.2) is 24.3 Å². The van der Waals surface area contributed by atoms with Crippen LogP contribution in [-0.4, -0.2) is 25.7 Å². The van der Waals surface area contributed by atoms with Gasteiger partial charge in [0.15, 0.2) is 0 Å². The topological polar surface area (TPSA) is 61.6 Å². The summed E-state index contributed by atoms with van der Waals surface area (Å²) in [7, 11) is 2.91. The molecule has 0 aliphatic rings. The fraction of sp³-hybridized carbons (Fsp3) is 0.455. The van der Waals surface area contributed by atoms with Crippen LogP contribution < -0.4 is 0 Å². The van der Waals surface area contributed by atoms with Crippen molar-refractivity contribution < 1.29 is 14.4 Å². The van der Waals surface area contributed by atoms with Crippen molar-refractivity contribution in [3.8, 4) is 0 Å². The highest BCUT2D eigenvalue weighted by molar-refractivity contribution is 6.30. The van der Waals surface area contributed by atoms with Crippen LogP contribution in [0.1, 0.15) is 12.0 Å². The Labute approximate surface area is 104 Å². The van der Waals surface area contributed by atoms with Crippen LogP contribution in [0.3, 0.4) is 0 Å². The molecule has 0 spiro atoms. The van der Waals surface area contributed by atoms with E-state index in [-0.39, 0.29) is 13.0 Å². The quantitative estimate of drug-likeness (QED) is 0.447. The van der Waals surface area contributed by atoms with Crippen LogP contribution in [0, 0.1) is 10.1 Å². The van der Waals surface area contributed by atoms with Gasteiger partial charge in [0, 0.05) is 29.7 Å². The molecule has 0 N–H and O–H groups in total. The van der Waals surface area contributed by atoms with Crippen LogP contribution in [0.25, 0.3) is 0 Å². The summed E-state index contributed by atoms with van der Waals surface area (Å²) >= 11 is 5.79. The van der Waals surface area contributed by atoms with Crippen molar-refractivity contribution in [3.63, 3.8) is 0 Å². The van der Waals surface area contributed by atoms with Crippen LogP contribution >= 0.6 is 11.6 Å². The number of nitro groups is 1. The predicted octanol–water partition coefficient (Wildman–Crippen LogP) is 2.45. The molecule has 6 heteroatoms. The summed E-state index contributed by atoms with van der Waals surface area (Å²) in [6.45, 7) is -0.232. The fourth-order valence-corrected chi connectivity index (χ4v) is 1.74. The molecular weight excluding hydrogens is 246 g/mol. The number of benzene rings is 1. The summed E-state index contributed by atoms with van der Waals surface area (Å²) in [4.78, 5) is 10.0. The first kappa shape index (κ1) is 13.9. The first-order valence-electron chi connectivity index (χ1n) is 5.02. The Morgan fingerprint density at radius 2 is 1.82 bits per heavy atom. The maximum atomic E-state index is 10.4. The highest BCUT2D eigenvalue weighted by atomic mass is 35.5. The molecule has 94 valence electrons. The zero-order valence-corrected chi connectivity index (χ0v) is 10.4. The van der Waals surface area contributed by atoms with E-state index in [1.54, 1.807) is 24.3 Å². The summed E-state index contributed by atoms with van der Waals surface area (Å²) in [6, 6.07) is 6.84. The predicted molar refractivity (Wildman–Crippen MR) is 63.6 cm³/mol. The fourth-order valence-electron chi connectivity index (χ4n) is 1.61. The minimum Gasteiger partial charge on any atom is -0.349 e. The molecule has 0 amide bonds. The molecule has 0 aliphatic carbocycles. The number of rotatable bonds is 6. The average Bonchev–Trinajstić information content (AvgIpc) is 2.32. The van der Waals surface area contributed by atoms with Gasteiger partial charge < -0.3 is 9.47 Å². The van der Waals surface area contributed by atoms with Gasteiger partial charge in [0.2, 0.25) is 12.3 Å². The van der Waals surface area contributed by atoms with Gasteiger partial charge in [-0.05, 0) is 12.1 Å². The monoisotopic (exact) mass is 259 g/mol. The molecule has 0 radical (unpaired) electrons. The zero-order valence-electron chi connectivity index (χ0n) is 9.68. The van der Waals surface area contributed by atoms with Gasteiger partial charge >= 0.3 is 0 Å². The van der Waals surface area contributed by atoms with Gasteiger partial charge in [-0.15, -0.1) is 0 Å². The molecule has 17 heavy (non-hydrogen) atoms. The highest BCUT2D eigenvalue weighted by Crippen LogP contribution is 2.30. The van der Waals surface area contributed by atoms with Crippen molar-refractivity contribution in [3.05, 3.63) is 45.0 Å². The lowest BCUT2D eigenvalue weighted by atomic mass is 10.0. The molecule has 5 nitrogen and oxygen atoms in total. The SMILES string of the molecule is COC(CC[N+](=O)[O-])(OC)c1ccc(Cl)cc1. The first-order valence-corrected chi connectivity index (χ1v) is 5.40. The minimum absolute atomic E-state index is 0.134. The van der Waals surface area contributed by atoms with E-state index in [0.29, 0.717) is 10.6 Å². The van der Waals surface area contributed by atoms with E-state index < -0.39 is 10.7 Å². The molecular formula is C11H14ClNO4. The van der Waals surface area contributed by atoms with Crippen molar-refractivity contribution >= 4 is 11.6 Å². The smallest absolute Gasteiger partial charge is 0.209 e. The minimum atomic E-state index is -1.10. The van der Waals surface area contributed by atoms with E-state index in [2.05, 4.69) is 0 Å². The van der Waals surface area contributed by atoms with E-state index >= 15 is 0 Å². The Balaban J connectivity index is 2.97. The van der Waals surface area contributed by atoms with Crippen molar-refractivity contribution in [2.24, 2.45) is 0 Å². The Bertz CT molecular complexity index is 376. The zero-order chi connectivity index (χ0) is 12.9. The molecule has 0 aliphatic heterocycles. The number of hydrogen-bond donors (Lipinski definition) is 0. The number of methoxy groups -OCH3 is 2. The molecule has 0 saturated carbocycles. The van der Waals surface area contributed by atoms with Crippen LogP contribution in [-0.2, 0) is 15.3 Å².